The predicted molar refractivity (Wildman–Crippen MR) is 121 cm³/mol. The van der Waals surface area contributed by atoms with Gasteiger partial charge < -0.3 is 4.43 Å². The van der Waals surface area contributed by atoms with E-state index in [1.165, 1.54) is 83.5 Å². The maximum Gasteiger partial charge on any atom is 0.345 e. The Hall–Kier alpha value is -1.09. The van der Waals surface area contributed by atoms with E-state index in [-0.39, 0.29) is 11.9 Å². The third-order valence-electron chi connectivity index (χ3n) is 5.80. The first-order chi connectivity index (χ1) is 13.7. The summed E-state index contributed by atoms with van der Waals surface area (Å²) in [5.41, 5.74) is 2.26. The molecule has 28 heavy (non-hydrogen) atoms. The summed E-state index contributed by atoms with van der Waals surface area (Å²) < 4.78 is 4.86. The number of carbonyl (C=O) groups excluding carboxylic acids is 1. The van der Waals surface area contributed by atoms with Crippen molar-refractivity contribution < 1.29 is 9.22 Å². The van der Waals surface area contributed by atoms with Crippen molar-refractivity contribution in [1.82, 2.24) is 0 Å². The largest absolute Gasteiger partial charge is 0.516 e. The minimum absolute atomic E-state index is 0.156. The van der Waals surface area contributed by atoms with Crippen LogP contribution in [0, 0.1) is 6.92 Å². The van der Waals surface area contributed by atoms with Gasteiger partial charge in [0.1, 0.15) is 0 Å². The Morgan fingerprint density at radius 2 is 1.29 bits per heavy atom. The van der Waals surface area contributed by atoms with Gasteiger partial charge in [-0.05, 0) is 24.5 Å². The number of rotatable bonds is 17. The van der Waals surface area contributed by atoms with Crippen LogP contribution in [0.5, 0.6) is 0 Å². The number of unbranched alkanes of at least 4 members (excludes halogenated alkanes) is 13. The van der Waals surface area contributed by atoms with Gasteiger partial charge >= 0.3 is 10.5 Å². The molecule has 0 amide bonds. The molecule has 0 aliphatic heterocycles. The molecule has 3 heteroatoms. The summed E-state index contributed by atoms with van der Waals surface area (Å²) in [4.78, 5) is 12.2. The van der Waals surface area contributed by atoms with Crippen LogP contribution in [-0.2, 0) is 9.22 Å². The molecule has 0 fully saturated rings. The third-order valence-corrected chi connectivity index (χ3v) is 6.00. The zero-order valence-corrected chi connectivity index (χ0v) is 19.3. The van der Waals surface area contributed by atoms with Crippen LogP contribution in [0.2, 0.25) is 0 Å². The number of aryl methyl sites for hydroxylation is 1. The number of benzene rings is 1. The average molecular weight is 402 g/mol. The highest BCUT2D eigenvalue weighted by Gasteiger charge is 2.21. The summed E-state index contributed by atoms with van der Waals surface area (Å²) in [5, 5.41) is 0. The zero-order chi connectivity index (χ0) is 20.5. The average Bonchev–Trinajstić information content (AvgIpc) is 2.71. The fourth-order valence-corrected chi connectivity index (χ4v) is 4.13. The summed E-state index contributed by atoms with van der Waals surface area (Å²) in [6, 6.07) is 8.13. The van der Waals surface area contributed by atoms with E-state index < -0.39 is 0 Å². The van der Waals surface area contributed by atoms with E-state index >= 15 is 0 Å². The molecule has 157 valence electrons. The summed E-state index contributed by atoms with van der Waals surface area (Å²) in [7, 11) is 2.92. The van der Waals surface area contributed by atoms with E-state index in [9.17, 15) is 4.79 Å². The molecule has 0 aliphatic rings. The van der Waals surface area contributed by atoms with Crippen LogP contribution in [0.4, 0.5) is 0 Å². The topological polar surface area (TPSA) is 26.3 Å². The first-order valence-electron chi connectivity index (χ1n) is 11.6. The normalized spacial score (nSPS) is 12.1. The smallest absolute Gasteiger partial charge is 0.345 e. The lowest BCUT2D eigenvalue weighted by Crippen LogP contribution is -2.16. The molecule has 1 aromatic carbocycles. The Labute approximate surface area is 177 Å². The van der Waals surface area contributed by atoms with E-state index in [4.69, 9.17) is 4.43 Å². The van der Waals surface area contributed by atoms with Crippen molar-refractivity contribution in [2.24, 2.45) is 0 Å². The van der Waals surface area contributed by atoms with Gasteiger partial charge in [-0.2, -0.15) is 0 Å². The van der Waals surface area contributed by atoms with Crippen molar-refractivity contribution in [3.8, 4) is 0 Å². The highest BCUT2D eigenvalue weighted by molar-refractivity contribution is 6.06. The van der Waals surface area contributed by atoms with Gasteiger partial charge in [-0.3, -0.25) is 4.79 Å². The zero-order valence-electron chi connectivity index (χ0n) is 18.3. The lowest BCUT2D eigenvalue weighted by atomic mass is 9.90. The SMILES string of the molecule is CCCCCCCCCCCCCCCCC(C(=O)O[Si])c1ccccc1C. The third kappa shape index (κ3) is 11.0. The number of hydrogen-bond acceptors (Lipinski definition) is 2. The van der Waals surface area contributed by atoms with Crippen LogP contribution >= 0.6 is 0 Å². The molecule has 0 bridgehead atoms. The highest BCUT2D eigenvalue weighted by atomic mass is 28.2. The molecule has 0 N–H and O–H groups in total. The van der Waals surface area contributed by atoms with Crippen LogP contribution in [-0.4, -0.2) is 16.5 Å². The molecule has 3 radical (unpaired) electrons. The van der Waals surface area contributed by atoms with Gasteiger partial charge in [-0.1, -0.05) is 121 Å². The van der Waals surface area contributed by atoms with Gasteiger partial charge in [0, 0.05) is 0 Å². The second-order valence-corrected chi connectivity index (χ2v) is 8.42. The molecule has 1 unspecified atom stereocenters. The van der Waals surface area contributed by atoms with Crippen LogP contribution < -0.4 is 0 Å². The minimum atomic E-state index is -0.180. The lowest BCUT2D eigenvalue weighted by Gasteiger charge is -2.17. The summed E-state index contributed by atoms with van der Waals surface area (Å²) >= 11 is 0. The Morgan fingerprint density at radius 1 is 0.821 bits per heavy atom. The van der Waals surface area contributed by atoms with Gasteiger partial charge in [-0.25, -0.2) is 0 Å². The molecule has 0 aromatic heterocycles. The van der Waals surface area contributed by atoms with E-state index in [1.54, 1.807) is 0 Å². The van der Waals surface area contributed by atoms with Crippen molar-refractivity contribution in [3.63, 3.8) is 0 Å². The second kappa shape index (κ2) is 16.8. The fraction of sp³-hybridized carbons (Fsp3) is 0.720. The Balaban J connectivity index is 2.06. The number of carbonyl (C=O) groups is 1. The van der Waals surface area contributed by atoms with E-state index in [2.05, 4.69) is 30.4 Å². The summed E-state index contributed by atoms with van der Waals surface area (Å²) in [6.07, 6.45) is 19.8. The van der Waals surface area contributed by atoms with E-state index in [1.807, 2.05) is 18.2 Å². The van der Waals surface area contributed by atoms with Gasteiger partial charge in [0.25, 0.3) is 5.97 Å². The van der Waals surface area contributed by atoms with E-state index in [0.29, 0.717) is 0 Å². The van der Waals surface area contributed by atoms with Crippen molar-refractivity contribution in [1.29, 1.82) is 0 Å². The molecule has 2 nitrogen and oxygen atoms in total. The molecule has 0 heterocycles. The molecule has 1 aromatic rings. The van der Waals surface area contributed by atoms with Gasteiger partial charge in [0.05, 0.1) is 5.92 Å². The van der Waals surface area contributed by atoms with Gasteiger partial charge in [0.2, 0.25) is 0 Å². The highest BCUT2D eigenvalue weighted by Crippen LogP contribution is 2.27. The first-order valence-corrected chi connectivity index (χ1v) is 12.0. The number of hydrogen-bond donors (Lipinski definition) is 0. The molecule has 0 spiro atoms. The van der Waals surface area contributed by atoms with Crippen LogP contribution in [0.3, 0.4) is 0 Å². The van der Waals surface area contributed by atoms with Crippen molar-refractivity contribution in [2.45, 2.75) is 116 Å². The van der Waals surface area contributed by atoms with Crippen LogP contribution in [0.15, 0.2) is 24.3 Å². The summed E-state index contributed by atoms with van der Waals surface area (Å²) in [5.74, 6) is -0.336. The molecule has 0 saturated heterocycles. The molecule has 1 atom stereocenters. The Kier molecular flexibility index (Phi) is 15.0. The maximum absolute atomic E-state index is 12.2. The monoisotopic (exact) mass is 401 g/mol. The lowest BCUT2D eigenvalue weighted by molar-refractivity contribution is -0.136. The van der Waals surface area contributed by atoms with E-state index in [0.717, 1.165) is 24.0 Å². The fourth-order valence-electron chi connectivity index (χ4n) is 3.99. The minimum Gasteiger partial charge on any atom is -0.516 e. The quantitative estimate of drug-likeness (QED) is 0.199. The molecular formula is C25H41O2Si. The standard InChI is InChI=1S/C25H41O2Si/c1-3-4-5-6-7-8-9-10-11-12-13-14-15-16-21-24(25(26)27-28)23-20-18-17-19-22(23)2/h17-20,24H,3-16,21H2,1-2H3. The van der Waals surface area contributed by atoms with Crippen LogP contribution in [0.1, 0.15) is 120 Å². The van der Waals surface area contributed by atoms with Crippen molar-refractivity contribution in [2.75, 3.05) is 0 Å². The van der Waals surface area contributed by atoms with Gasteiger partial charge in [-0.15, -0.1) is 0 Å². The summed E-state index contributed by atoms with van der Waals surface area (Å²) in [6.45, 7) is 4.34. The first kappa shape index (κ1) is 24.9. The van der Waals surface area contributed by atoms with Crippen LogP contribution in [0.25, 0.3) is 0 Å². The molecular weight excluding hydrogens is 360 g/mol. The Morgan fingerprint density at radius 3 is 1.75 bits per heavy atom. The molecule has 0 saturated carbocycles. The maximum atomic E-state index is 12.2. The molecule has 1 rings (SSSR count). The van der Waals surface area contributed by atoms with Crippen molar-refractivity contribution in [3.05, 3.63) is 35.4 Å². The second-order valence-electron chi connectivity index (χ2n) is 8.22. The molecule has 0 aliphatic carbocycles. The predicted octanol–water partition coefficient (Wildman–Crippen LogP) is 7.58. The van der Waals surface area contributed by atoms with Crippen molar-refractivity contribution >= 4 is 16.5 Å². The van der Waals surface area contributed by atoms with Gasteiger partial charge in [0.15, 0.2) is 0 Å². The Bertz CT molecular complexity index is 515.